The average Bonchev–Trinajstić information content (AvgIpc) is 3.30. The van der Waals surface area contributed by atoms with Gasteiger partial charge in [0.15, 0.2) is 0 Å². The first kappa shape index (κ1) is 30.8. The van der Waals surface area contributed by atoms with Gasteiger partial charge in [-0.3, -0.25) is 19.2 Å². The van der Waals surface area contributed by atoms with Crippen molar-refractivity contribution in [2.24, 2.45) is 5.92 Å². The third kappa shape index (κ3) is 8.92. The molecule has 2 fully saturated rings. The number of hydrogen-bond donors (Lipinski definition) is 3. The van der Waals surface area contributed by atoms with Gasteiger partial charge in [0.2, 0.25) is 17.7 Å². The molecule has 0 aromatic heterocycles. The first-order valence-corrected chi connectivity index (χ1v) is 15.4. The first-order valence-electron chi connectivity index (χ1n) is 15.4. The first-order chi connectivity index (χ1) is 19.8. The van der Waals surface area contributed by atoms with E-state index in [1.165, 1.54) is 25.7 Å². The highest BCUT2D eigenvalue weighted by Crippen LogP contribution is 2.23. The summed E-state index contributed by atoms with van der Waals surface area (Å²) in [6.07, 6.45) is 7.51. The molecule has 10 nitrogen and oxygen atoms in total. The quantitative estimate of drug-likeness (QED) is 0.434. The van der Waals surface area contributed by atoms with Crippen molar-refractivity contribution in [1.82, 2.24) is 25.8 Å². The zero-order chi connectivity index (χ0) is 29.2. The predicted molar refractivity (Wildman–Crippen MR) is 156 cm³/mol. The number of hydrogen-bond acceptors (Lipinski definition) is 6. The number of nitrogens with one attached hydrogen (secondary N) is 3. The summed E-state index contributed by atoms with van der Waals surface area (Å²) in [7, 11) is 0. The van der Waals surface area contributed by atoms with Crippen molar-refractivity contribution >= 4 is 23.6 Å². The molecule has 41 heavy (non-hydrogen) atoms. The molecular weight excluding hydrogens is 522 g/mol. The van der Waals surface area contributed by atoms with Crippen LogP contribution in [-0.2, 0) is 14.4 Å². The summed E-state index contributed by atoms with van der Waals surface area (Å²) in [5.41, 5.74) is 0.282. The fourth-order valence-electron chi connectivity index (χ4n) is 6.08. The smallest absolute Gasteiger partial charge is 0.255 e. The third-order valence-electron chi connectivity index (χ3n) is 8.20. The number of benzene rings is 1. The molecule has 1 aromatic rings. The molecule has 0 spiro atoms. The molecule has 4 rings (SSSR count). The van der Waals surface area contributed by atoms with Crippen LogP contribution in [0, 0.1) is 5.92 Å². The van der Waals surface area contributed by atoms with E-state index in [9.17, 15) is 19.2 Å². The van der Waals surface area contributed by atoms with Crippen LogP contribution in [0.3, 0.4) is 0 Å². The van der Waals surface area contributed by atoms with Crippen LogP contribution in [0.25, 0.3) is 0 Å². The van der Waals surface area contributed by atoms with E-state index in [2.05, 4.69) is 34.7 Å². The maximum absolute atomic E-state index is 13.5. The van der Waals surface area contributed by atoms with Crippen LogP contribution >= 0.6 is 0 Å². The summed E-state index contributed by atoms with van der Waals surface area (Å²) in [4.78, 5) is 57.6. The van der Waals surface area contributed by atoms with E-state index in [0.29, 0.717) is 44.0 Å². The third-order valence-corrected chi connectivity index (χ3v) is 8.20. The molecule has 3 N–H and O–H groups in total. The van der Waals surface area contributed by atoms with Crippen molar-refractivity contribution < 1.29 is 23.9 Å². The molecule has 4 amide bonds. The van der Waals surface area contributed by atoms with Gasteiger partial charge in [0.1, 0.15) is 24.4 Å². The summed E-state index contributed by atoms with van der Waals surface area (Å²) in [5.74, 6) is -0.701. The Bertz CT molecular complexity index is 1060. The zero-order valence-electron chi connectivity index (χ0n) is 24.7. The van der Waals surface area contributed by atoms with E-state index in [1.807, 2.05) is 0 Å². The van der Waals surface area contributed by atoms with Gasteiger partial charge in [0.05, 0.1) is 18.0 Å². The lowest BCUT2D eigenvalue weighted by Crippen LogP contribution is -2.53. The standard InChI is InChI=1S/C31H47N5O5/c1-22(2)19-23-21-41-27-13-6-5-11-24(27)29(38)34-25(20-28(37)36-18-9-12-26(36)31(40)33-23)30(39)32-14-10-17-35-15-7-3-4-8-16-35/h5-6,11,13,22-23,25-26H,3-4,7-10,12,14-21H2,1-2H3,(H,32,39)(H,33,40)(H,34,38)/t23-,25-,26+/m0/s1. The molecule has 3 heterocycles. The van der Waals surface area contributed by atoms with Crippen LogP contribution < -0.4 is 20.7 Å². The Kier molecular flexibility index (Phi) is 11.4. The molecular formula is C31H47N5O5. The number of amides is 4. The Morgan fingerprint density at radius 2 is 1.78 bits per heavy atom. The normalized spacial score (nSPS) is 24.8. The van der Waals surface area contributed by atoms with Crippen LogP contribution in [-0.4, -0.2) is 90.9 Å². The van der Waals surface area contributed by atoms with Gasteiger partial charge in [0, 0.05) is 13.1 Å². The summed E-state index contributed by atoms with van der Waals surface area (Å²) < 4.78 is 6.08. The number of nitrogens with zero attached hydrogens (tertiary/aromatic N) is 2. The molecule has 0 bridgehead atoms. The Morgan fingerprint density at radius 1 is 1.02 bits per heavy atom. The molecule has 0 saturated carbocycles. The van der Waals surface area contributed by atoms with Crippen molar-refractivity contribution in [3.05, 3.63) is 29.8 Å². The van der Waals surface area contributed by atoms with Crippen molar-refractivity contribution in [1.29, 1.82) is 0 Å². The molecule has 3 aliphatic heterocycles. The van der Waals surface area contributed by atoms with Gasteiger partial charge in [-0.2, -0.15) is 0 Å². The molecule has 3 atom stereocenters. The highest BCUT2D eigenvalue weighted by Gasteiger charge is 2.37. The monoisotopic (exact) mass is 569 g/mol. The van der Waals surface area contributed by atoms with Crippen LogP contribution in [0.4, 0.5) is 0 Å². The van der Waals surface area contributed by atoms with Gasteiger partial charge in [-0.15, -0.1) is 0 Å². The lowest BCUT2D eigenvalue weighted by Gasteiger charge is -2.29. The lowest BCUT2D eigenvalue weighted by molar-refractivity contribution is -0.140. The average molecular weight is 570 g/mol. The van der Waals surface area contributed by atoms with Gasteiger partial charge in [-0.25, -0.2) is 0 Å². The minimum atomic E-state index is -1.07. The number of para-hydroxylation sites is 1. The van der Waals surface area contributed by atoms with Gasteiger partial charge < -0.3 is 30.5 Å². The number of fused-ring (bicyclic) bond motifs is 2. The Hall–Kier alpha value is -3.14. The molecule has 0 radical (unpaired) electrons. The minimum absolute atomic E-state index is 0.190. The van der Waals surface area contributed by atoms with Gasteiger partial charge in [-0.1, -0.05) is 38.8 Å². The largest absolute Gasteiger partial charge is 0.491 e. The summed E-state index contributed by atoms with van der Waals surface area (Å²) in [6.45, 7) is 8.33. The molecule has 10 heteroatoms. The summed E-state index contributed by atoms with van der Waals surface area (Å²) in [6, 6.07) is 4.92. The number of carbonyl (C=O) groups is 4. The Morgan fingerprint density at radius 3 is 2.54 bits per heavy atom. The predicted octanol–water partition coefficient (Wildman–Crippen LogP) is 2.47. The molecule has 3 aliphatic rings. The van der Waals surface area contributed by atoms with Crippen molar-refractivity contribution in [2.45, 2.75) is 89.8 Å². The maximum Gasteiger partial charge on any atom is 0.255 e. The molecule has 2 saturated heterocycles. The zero-order valence-corrected chi connectivity index (χ0v) is 24.7. The van der Waals surface area contributed by atoms with E-state index in [-0.39, 0.29) is 36.4 Å². The van der Waals surface area contributed by atoms with Crippen molar-refractivity contribution in [2.75, 3.05) is 39.3 Å². The highest BCUT2D eigenvalue weighted by molar-refractivity contribution is 6.01. The topological polar surface area (TPSA) is 120 Å². The SMILES string of the molecule is CC(C)C[C@H]1COc2ccccc2C(=O)N[C@H](C(=O)NCCCN2CCCCCC2)CC(=O)N2CCC[C@@H]2C(=O)N1. The van der Waals surface area contributed by atoms with Gasteiger partial charge >= 0.3 is 0 Å². The number of likely N-dealkylation sites (tertiary alicyclic amines) is 1. The van der Waals surface area contributed by atoms with E-state index >= 15 is 0 Å². The second-order valence-electron chi connectivity index (χ2n) is 12.0. The number of ether oxygens (including phenoxy) is 1. The van der Waals surface area contributed by atoms with Crippen LogP contribution in [0.1, 0.15) is 82.0 Å². The van der Waals surface area contributed by atoms with E-state index in [1.54, 1.807) is 29.2 Å². The molecule has 0 aliphatic carbocycles. The Labute approximate surface area is 243 Å². The molecule has 0 unspecified atom stereocenters. The van der Waals surface area contributed by atoms with E-state index in [4.69, 9.17) is 4.74 Å². The van der Waals surface area contributed by atoms with Crippen molar-refractivity contribution in [3.63, 3.8) is 0 Å². The number of rotatable bonds is 7. The molecule has 226 valence electrons. The molecule has 1 aromatic carbocycles. The van der Waals surface area contributed by atoms with Crippen LogP contribution in [0.5, 0.6) is 5.75 Å². The minimum Gasteiger partial charge on any atom is -0.491 e. The maximum atomic E-state index is 13.5. The summed E-state index contributed by atoms with van der Waals surface area (Å²) >= 11 is 0. The van der Waals surface area contributed by atoms with Gasteiger partial charge in [-0.05, 0) is 76.2 Å². The van der Waals surface area contributed by atoms with Crippen LogP contribution in [0.2, 0.25) is 0 Å². The highest BCUT2D eigenvalue weighted by atomic mass is 16.5. The summed E-state index contributed by atoms with van der Waals surface area (Å²) in [5, 5.41) is 8.83. The fraction of sp³-hybridized carbons (Fsp3) is 0.677. The van der Waals surface area contributed by atoms with Crippen LogP contribution in [0.15, 0.2) is 24.3 Å². The number of carbonyl (C=O) groups excluding carboxylic acids is 4. The Balaban J connectivity index is 1.49. The fourth-order valence-corrected chi connectivity index (χ4v) is 6.08. The van der Waals surface area contributed by atoms with E-state index < -0.39 is 23.9 Å². The second-order valence-corrected chi connectivity index (χ2v) is 12.0. The van der Waals surface area contributed by atoms with E-state index in [0.717, 1.165) is 26.1 Å². The van der Waals surface area contributed by atoms with Crippen molar-refractivity contribution in [3.8, 4) is 5.75 Å². The van der Waals surface area contributed by atoms with Gasteiger partial charge in [0.25, 0.3) is 5.91 Å². The lowest BCUT2D eigenvalue weighted by atomic mass is 10.0. The second kappa shape index (κ2) is 15.2.